The van der Waals surface area contributed by atoms with Crippen molar-refractivity contribution in [2.24, 2.45) is 0 Å². The molecule has 4 heterocycles. The highest BCUT2D eigenvalue weighted by molar-refractivity contribution is 5.78. The molecule has 2 amide bonds. The summed E-state index contributed by atoms with van der Waals surface area (Å²) in [7, 11) is 0. The van der Waals surface area contributed by atoms with Crippen LogP contribution in [0.2, 0.25) is 0 Å². The number of carbonyl (C=O) groups is 2. The fourth-order valence-electron chi connectivity index (χ4n) is 4.58. The zero-order chi connectivity index (χ0) is 19.5. The molecule has 0 aromatic carbocycles. The van der Waals surface area contributed by atoms with E-state index in [0.717, 1.165) is 56.1 Å². The average Bonchev–Trinajstić information content (AvgIpc) is 3.07. The van der Waals surface area contributed by atoms with Crippen LogP contribution >= 0.6 is 0 Å². The van der Waals surface area contributed by atoms with Crippen molar-refractivity contribution in [3.05, 3.63) is 23.3 Å². The molecular weight excluding hydrogens is 354 g/mol. The average molecular weight is 386 g/mol. The minimum atomic E-state index is 0.124. The molecule has 0 aliphatic carbocycles. The van der Waals surface area contributed by atoms with Crippen molar-refractivity contribution in [3.8, 4) is 0 Å². The van der Waals surface area contributed by atoms with Gasteiger partial charge >= 0.3 is 0 Å². The van der Waals surface area contributed by atoms with E-state index < -0.39 is 0 Å². The van der Waals surface area contributed by atoms with E-state index in [1.807, 2.05) is 16.0 Å². The van der Waals surface area contributed by atoms with E-state index in [2.05, 4.69) is 9.88 Å². The Morgan fingerprint density at radius 3 is 2.57 bits per heavy atom. The zero-order valence-electron chi connectivity index (χ0n) is 16.9. The van der Waals surface area contributed by atoms with E-state index in [4.69, 9.17) is 4.98 Å². The van der Waals surface area contributed by atoms with Gasteiger partial charge < -0.3 is 9.80 Å². The van der Waals surface area contributed by atoms with Crippen molar-refractivity contribution in [1.29, 1.82) is 0 Å². The Kier molecular flexibility index (Phi) is 5.90. The Morgan fingerprint density at radius 2 is 1.86 bits per heavy atom. The molecule has 1 aromatic rings. The maximum atomic E-state index is 12.8. The van der Waals surface area contributed by atoms with E-state index in [1.165, 1.54) is 25.7 Å². The fourth-order valence-corrected chi connectivity index (χ4v) is 4.58. The number of amides is 2. The predicted molar refractivity (Wildman–Crippen MR) is 106 cm³/mol. The van der Waals surface area contributed by atoms with Crippen LogP contribution < -0.4 is 0 Å². The number of rotatable bonds is 3. The second-order valence-corrected chi connectivity index (χ2v) is 8.41. The second kappa shape index (κ2) is 8.55. The Labute approximate surface area is 167 Å². The molecule has 4 rings (SSSR count). The molecular formula is C21H31N5O2. The molecule has 3 aliphatic heterocycles. The van der Waals surface area contributed by atoms with Gasteiger partial charge in [-0.3, -0.25) is 14.5 Å². The minimum Gasteiger partial charge on any atom is -0.342 e. The van der Waals surface area contributed by atoms with Crippen molar-refractivity contribution < 1.29 is 9.59 Å². The van der Waals surface area contributed by atoms with Crippen molar-refractivity contribution in [2.45, 2.75) is 57.9 Å². The highest BCUT2D eigenvalue weighted by Crippen LogP contribution is 2.26. The molecule has 7 heteroatoms. The fraction of sp³-hybridized carbons (Fsp3) is 0.714. The number of carbonyl (C=O) groups excluding carboxylic acids is 2. The van der Waals surface area contributed by atoms with Gasteiger partial charge in [-0.2, -0.15) is 0 Å². The van der Waals surface area contributed by atoms with Crippen LogP contribution in [0.3, 0.4) is 0 Å². The molecule has 0 saturated carbocycles. The van der Waals surface area contributed by atoms with Gasteiger partial charge in [0.2, 0.25) is 11.8 Å². The van der Waals surface area contributed by atoms with Gasteiger partial charge in [-0.1, -0.05) is 12.8 Å². The van der Waals surface area contributed by atoms with Crippen LogP contribution in [0.15, 0.2) is 6.20 Å². The molecule has 1 unspecified atom stereocenters. The Balaban J connectivity index is 1.36. The minimum absolute atomic E-state index is 0.124. The van der Waals surface area contributed by atoms with Gasteiger partial charge in [0.1, 0.15) is 5.82 Å². The molecule has 1 atom stereocenters. The molecule has 1 aromatic heterocycles. The summed E-state index contributed by atoms with van der Waals surface area (Å²) in [5, 5.41) is 0. The predicted octanol–water partition coefficient (Wildman–Crippen LogP) is 1.57. The van der Waals surface area contributed by atoms with Crippen LogP contribution in [0.25, 0.3) is 0 Å². The summed E-state index contributed by atoms with van der Waals surface area (Å²) in [6, 6.07) is 0. The van der Waals surface area contributed by atoms with E-state index in [0.29, 0.717) is 19.6 Å². The molecule has 2 fully saturated rings. The summed E-state index contributed by atoms with van der Waals surface area (Å²) in [6.45, 7) is 7.11. The third-order valence-electron chi connectivity index (χ3n) is 6.36. The van der Waals surface area contributed by atoms with Crippen molar-refractivity contribution >= 4 is 11.8 Å². The van der Waals surface area contributed by atoms with Crippen molar-refractivity contribution in [3.63, 3.8) is 0 Å². The smallest absolute Gasteiger partial charge is 0.237 e. The first kappa shape index (κ1) is 19.3. The summed E-state index contributed by atoms with van der Waals surface area (Å²) in [5.41, 5.74) is 2.14. The summed E-state index contributed by atoms with van der Waals surface area (Å²) in [4.78, 5) is 39.9. The van der Waals surface area contributed by atoms with Crippen LogP contribution in [0.4, 0.5) is 0 Å². The number of hydrogen-bond donors (Lipinski definition) is 0. The topological polar surface area (TPSA) is 69.6 Å². The van der Waals surface area contributed by atoms with Crippen molar-refractivity contribution in [2.75, 3.05) is 39.3 Å². The third-order valence-corrected chi connectivity index (χ3v) is 6.36. The number of hydrogen-bond acceptors (Lipinski definition) is 5. The second-order valence-electron chi connectivity index (χ2n) is 8.41. The van der Waals surface area contributed by atoms with Crippen molar-refractivity contribution in [1.82, 2.24) is 24.7 Å². The molecule has 2 saturated heterocycles. The molecule has 0 N–H and O–H groups in total. The summed E-state index contributed by atoms with van der Waals surface area (Å²) in [6.07, 6.45) is 8.60. The first-order valence-electron chi connectivity index (χ1n) is 10.7. The number of nitrogens with zero attached hydrogens (tertiary/aromatic N) is 5. The quantitative estimate of drug-likeness (QED) is 0.790. The Hall–Kier alpha value is -2.02. The molecule has 0 spiro atoms. The largest absolute Gasteiger partial charge is 0.342 e. The van der Waals surface area contributed by atoms with Gasteiger partial charge in [0.25, 0.3) is 0 Å². The lowest BCUT2D eigenvalue weighted by Gasteiger charge is -2.30. The van der Waals surface area contributed by atoms with Crippen LogP contribution in [0.5, 0.6) is 0 Å². The maximum Gasteiger partial charge on any atom is 0.237 e. The van der Waals surface area contributed by atoms with Gasteiger partial charge in [-0.15, -0.1) is 0 Å². The Morgan fingerprint density at radius 1 is 1.07 bits per heavy atom. The molecule has 0 radical (unpaired) electrons. The van der Waals surface area contributed by atoms with E-state index in [1.54, 1.807) is 6.92 Å². The third kappa shape index (κ3) is 4.35. The van der Waals surface area contributed by atoms with E-state index >= 15 is 0 Å². The lowest BCUT2D eigenvalue weighted by molar-refractivity contribution is -0.133. The van der Waals surface area contributed by atoms with Gasteiger partial charge in [0.15, 0.2) is 0 Å². The van der Waals surface area contributed by atoms with Crippen LogP contribution in [-0.4, -0.2) is 75.8 Å². The summed E-state index contributed by atoms with van der Waals surface area (Å²) in [5.74, 6) is 1.44. The first-order valence-corrected chi connectivity index (χ1v) is 10.7. The SMILES string of the molecule is CC(=O)N1CCC(c2ncc3c(n2)CCN(C(=O)CN2CCCCCC2)C3)C1. The first-order chi connectivity index (χ1) is 13.6. The number of aromatic nitrogens is 2. The molecule has 7 nitrogen and oxygen atoms in total. The standard InChI is InChI=1S/C21H31N5O2/c1-16(27)25-10-6-17(13-25)21-22-12-18-14-26(11-7-19(18)23-21)20(28)15-24-8-4-2-3-5-9-24/h12,17H,2-11,13-15H2,1H3. The molecule has 3 aliphatic rings. The highest BCUT2D eigenvalue weighted by Gasteiger charge is 2.29. The van der Waals surface area contributed by atoms with Gasteiger partial charge in [0, 0.05) is 57.2 Å². The lowest BCUT2D eigenvalue weighted by Crippen LogP contribution is -2.43. The van der Waals surface area contributed by atoms with Crippen LogP contribution in [0.1, 0.15) is 62.0 Å². The van der Waals surface area contributed by atoms with Gasteiger partial charge in [-0.25, -0.2) is 9.97 Å². The monoisotopic (exact) mass is 385 g/mol. The number of likely N-dealkylation sites (tertiary alicyclic amines) is 2. The zero-order valence-corrected chi connectivity index (χ0v) is 16.9. The van der Waals surface area contributed by atoms with Gasteiger partial charge in [-0.05, 0) is 32.4 Å². The normalized spacial score (nSPS) is 23.4. The summed E-state index contributed by atoms with van der Waals surface area (Å²) < 4.78 is 0. The van der Waals surface area contributed by atoms with Crippen LogP contribution in [-0.2, 0) is 22.6 Å². The Bertz CT molecular complexity index is 730. The van der Waals surface area contributed by atoms with E-state index in [9.17, 15) is 9.59 Å². The molecule has 28 heavy (non-hydrogen) atoms. The van der Waals surface area contributed by atoms with Crippen LogP contribution in [0, 0.1) is 0 Å². The number of fused-ring (bicyclic) bond motifs is 1. The summed E-state index contributed by atoms with van der Waals surface area (Å²) >= 11 is 0. The highest BCUT2D eigenvalue weighted by atomic mass is 16.2. The maximum absolute atomic E-state index is 12.8. The lowest BCUT2D eigenvalue weighted by atomic mass is 10.0. The molecule has 0 bridgehead atoms. The van der Waals surface area contributed by atoms with Gasteiger partial charge in [0.05, 0.1) is 12.2 Å². The molecule has 152 valence electrons. The van der Waals surface area contributed by atoms with E-state index in [-0.39, 0.29) is 17.7 Å².